The van der Waals surface area contributed by atoms with Crippen LogP contribution in [0.4, 0.5) is 0 Å². The summed E-state index contributed by atoms with van der Waals surface area (Å²) in [5.41, 5.74) is 0. The van der Waals surface area contributed by atoms with E-state index in [-0.39, 0.29) is 35.6 Å². The van der Waals surface area contributed by atoms with Crippen LogP contribution in [0.15, 0.2) is 24.3 Å². The summed E-state index contributed by atoms with van der Waals surface area (Å²) in [7, 11) is 2.79. The molecule has 0 aromatic heterocycles. The van der Waals surface area contributed by atoms with Gasteiger partial charge in [-0.3, -0.25) is 19.2 Å². The number of hydrogen-bond donors (Lipinski definition) is 0. The molecular formula is C26H40O6. The molecule has 2 rings (SSSR count). The van der Waals surface area contributed by atoms with Gasteiger partial charge in [0.2, 0.25) is 0 Å². The molecule has 180 valence electrons. The number of ketones is 2. The number of allylic oxidation sites excluding steroid dienone is 4. The molecule has 32 heavy (non-hydrogen) atoms. The van der Waals surface area contributed by atoms with Gasteiger partial charge in [-0.15, -0.1) is 0 Å². The lowest BCUT2D eigenvalue weighted by molar-refractivity contribution is -0.143. The van der Waals surface area contributed by atoms with Crippen molar-refractivity contribution in [3.8, 4) is 0 Å². The van der Waals surface area contributed by atoms with Crippen LogP contribution in [0.3, 0.4) is 0 Å². The molecule has 0 amide bonds. The van der Waals surface area contributed by atoms with E-state index >= 15 is 0 Å². The van der Waals surface area contributed by atoms with E-state index in [1.807, 2.05) is 0 Å². The number of hydrogen-bond acceptors (Lipinski definition) is 6. The summed E-state index contributed by atoms with van der Waals surface area (Å²) in [6.45, 7) is 4.14. The first-order chi connectivity index (χ1) is 15.4. The van der Waals surface area contributed by atoms with Crippen molar-refractivity contribution in [1.82, 2.24) is 0 Å². The van der Waals surface area contributed by atoms with Crippen LogP contribution < -0.4 is 0 Å². The summed E-state index contributed by atoms with van der Waals surface area (Å²) in [4.78, 5) is 45.7. The van der Waals surface area contributed by atoms with E-state index in [1.165, 1.54) is 14.2 Å². The molecule has 0 bridgehead atoms. The number of methoxy groups -OCH3 is 2. The lowest BCUT2D eigenvalue weighted by atomic mass is 9.89. The smallest absolute Gasteiger partial charge is 0.305 e. The minimum atomic E-state index is -0.204. The minimum absolute atomic E-state index is 0.0295. The molecule has 0 spiro atoms. The molecule has 0 N–H and O–H groups in total. The highest BCUT2D eigenvalue weighted by molar-refractivity contribution is 5.85. The molecule has 0 heterocycles. The average molecular weight is 449 g/mol. The quantitative estimate of drug-likeness (QED) is 0.345. The van der Waals surface area contributed by atoms with Crippen LogP contribution in [0, 0.1) is 23.7 Å². The molecule has 0 saturated heterocycles. The summed E-state index contributed by atoms with van der Waals surface area (Å²) in [5.74, 6) is 0.615. The highest BCUT2D eigenvalue weighted by Gasteiger charge is 2.35. The Kier molecular flexibility index (Phi) is 13.5. The van der Waals surface area contributed by atoms with Gasteiger partial charge in [0, 0.05) is 37.5 Å². The Morgan fingerprint density at radius 3 is 1.44 bits per heavy atom. The molecule has 0 radical (unpaired) electrons. The van der Waals surface area contributed by atoms with Gasteiger partial charge in [0.05, 0.1) is 14.2 Å². The Morgan fingerprint density at radius 1 is 0.750 bits per heavy atom. The number of Topliss-reactive ketones (excluding diaryl/α,β-unsaturated/α-hetero) is 2. The summed E-state index contributed by atoms with van der Waals surface area (Å²) >= 11 is 0. The molecule has 6 nitrogen and oxygen atoms in total. The molecule has 0 aromatic carbocycles. The first-order valence-electron chi connectivity index (χ1n) is 11.9. The molecule has 2 saturated carbocycles. The first-order valence-corrected chi connectivity index (χ1v) is 11.9. The third-order valence-electron chi connectivity index (χ3n) is 6.39. The number of carbonyl (C=O) groups is 4. The number of esters is 2. The van der Waals surface area contributed by atoms with E-state index in [4.69, 9.17) is 0 Å². The summed E-state index contributed by atoms with van der Waals surface area (Å²) in [6, 6.07) is 0. The van der Waals surface area contributed by atoms with Crippen molar-refractivity contribution >= 4 is 23.5 Å². The van der Waals surface area contributed by atoms with Crippen molar-refractivity contribution in [2.24, 2.45) is 23.7 Å². The molecule has 0 unspecified atom stereocenters. The maximum Gasteiger partial charge on any atom is 0.305 e. The second-order valence-electron chi connectivity index (χ2n) is 8.53. The van der Waals surface area contributed by atoms with E-state index in [9.17, 15) is 19.2 Å². The summed E-state index contributed by atoms with van der Waals surface area (Å²) in [5, 5.41) is 0. The van der Waals surface area contributed by atoms with Crippen molar-refractivity contribution in [2.45, 2.75) is 78.1 Å². The predicted octanol–water partition coefficient (Wildman–Crippen LogP) is 5.00. The molecule has 4 atom stereocenters. The van der Waals surface area contributed by atoms with Gasteiger partial charge >= 0.3 is 11.9 Å². The molecule has 2 aliphatic rings. The summed E-state index contributed by atoms with van der Waals surface area (Å²) < 4.78 is 9.31. The Balaban J connectivity index is 0.000000320. The summed E-state index contributed by atoms with van der Waals surface area (Å²) in [6.07, 6.45) is 15.4. The van der Waals surface area contributed by atoms with Gasteiger partial charge in [-0.2, -0.15) is 0 Å². The topological polar surface area (TPSA) is 86.7 Å². The third kappa shape index (κ3) is 9.49. The van der Waals surface area contributed by atoms with Crippen LogP contribution in [0.5, 0.6) is 0 Å². The highest BCUT2D eigenvalue weighted by atomic mass is 16.5. The largest absolute Gasteiger partial charge is 0.469 e. The van der Waals surface area contributed by atoms with Gasteiger partial charge in [-0.25, -0.2) is 0 Å². The first kappa shape index (κ1) is 27.8. The van der Waals surface area contributed by atoms with Gasteiger partial charge in [0.25, 0.3) is 0 Å². The fourth-order valence-electron chi connectivity index (χ4n) is 4.50. The van der Waals surface area contributed by atoms with E-state index in [2.05, 4.69) is 47.6 Å². The average Bonchev–Trinajstić information content (AvgIpc) is 3.31. The van der Waals surface area contributed by atoms with Gasteiger partial charge in [0.15, 0.2) is 0 Å². The van der Waals surface area contributed by atoms with Crippen molar-refractivity contribution in [3.63, 3.8) is 0 Å². The van der Waals surface area contributed by atoms with Crippen molar-refractivity contribution in [2.75, 3.05) is 14.2 Å². The van der Waals surface area contributed by atoms with E-state index in [1.54, 1.807) is 0 Å². The van der Waals surface area contributed by atoms with Crippen LogP contribution in [0.1, 0.15) is 78.1 Å². The van der Waals surface area contributed by atoms with E-state index < -0.39 is 0 Å². The van der Waals surface area contributed by atoms with Gasteiger partial charge in [0.1, 0.15) is 11.6 Å². The zero-order chi connectivity index (χ0) is 23.9. The van der Waals surface area contributed by atoms with Crippen molar-refractivity contribution in [3.05, 3.63) is 24.3 Å². The second kappa shape index (κ2) is 15.5. The normalized spacial score (nSPS) is 25.2. The maximum atomic E-state index is 11.7. The Morgan fingerprint density at radius 2 is 1.12 bits per heavy atom. The van der Waals surface area contributed by atoms with Crippen LogP contribution >= 0.6 is 0 Å². The predicted molar refractivity (Wildman–Crippen MR) is 124 cm³/mol. The van der Waals surface area contributed by atoms with Crippen molar-refractivity contribution < 1.29 is 28.7 Å². The number of carbonyl (C=O) groups excluding carboxylic acids is 4. The molecule has 6 heteroatoms. The lowest BCUT2D eigenvalue weighted by Crippen LogP contribution is -2.18. The zero-order valence-electron chi connectivity index (χ0n) is 20.1. The Bertz CT molecular complexity index is 620. The van der Waals surface area contributed by atoms with Gasteiger partial charge < -0.3 is 9.47 Å². The molecular weight excluding hydrogens is 408 g/mol. The molecule has 2 aliphatic carbocycles. The van der Waals surface area contributed by atoms with Crippen molar-refractivity contribution in [1.29, 1.82) is 0 Å². The Labute approximate surface area is 192 Å². The Hall–Kier alpha value is -2.24. The van der Waals surface area contributed by atoms with Gasteiger partial charge in [-0.1, -0.05) is 38.2 Å². The number of rotatable bonds is 10. The second-order valence-corrected chi connectivity index (χ2v) is 8.53. The minimum Gasteiger partial charge on any atom is -0.469 e. The van der Waals surface area contributed by atoms with E-state index in [0.29, 0.717) is 37.2 Å². The SMILES string of the molecule is CC/C=C/C[C@@H]1C(=O)CC[C@H]1CC(=O)OC.CC/C=C/C[C@H]1C(=O)CC[C@H]1CC(=O)OC. The fourth-order valence-corrected chi connectivity index (χ4v) is 4.50. The van der Waals surface area contributed by atoms with Crippen LogP contribution in [-0.4, -0.2) is 37.7 Å². The monoisotopic (exact) mass is 448 g/mol. The highest BCUT2D eigenvalue weighted by Crippen LogP contribution is 2.35. The molecule has 2 fully saturated rings. The van der Waals surface area contributed by atoms with Crippen LogP contribution in [0.2, 0.25) is 0 Å². The van der Waals surface area contributed by atoms with Crippen LogP contribution in [0.25, 0.3) is 0 Å². The van der Waals surface area contributed by atoms with Gasteiger partial charge in [-0.05, 0) is 50.4 Å². The lowest BCUT2D eigenvalue weighted by Gasteiger charge is -2.15. The zero-order valence-corrected chi connectivity index (χ0v) is 20.1. The molecule has 0 aliphatic heterocycles. The number of ether oxygens (including phenoxy) is 2. The molecule has 0 aromatic rings. The van der Waals surface area contributed by atoms with Crippen LogP contribution in [-0.2, 0) is 28.7 Å². The third-order valence-corrected chi connectivity index (χ3v) is 6.39. The standard InChI is InChI=1S/2C13H20O3/c2*1-3-4-5-6-11-10(7-8-12(11)14)9-13(15)16-2/h2*4-5,10-11H,3,6-9H2,1-2H3/b2*5-4+/t10-,11+;10-,11-/m00/s1. The van der Waals surface area contributed by atoms with E-state index in [0.717, 1.165) is 38.5 Å². The maximum absolute atomic E-state index is 11.7. The fraction of sp³-hybridized carbons (Fsp3) is 0.692.